The minimum absolute atomic E-state index is 0.144. The van der Waals surface area contributed by atoms with E-state index in [9.17, 15) is 4.79 Å². The molecule has 0 unspecified atom stereocenters. The van der Waals surface area contributed by atoms with Crippen LogP contribution in [-0.2, 0) is 11.2 Å². The van der Waals surface area contributed by atoms with Crippen molar-refractivity contribution in [3.8, 4) is 0 Å². The molecule has 0 radical (unpaired) electrons. The van der Waals surface area contributed by atoms with Gasteiger partial charge in [0, 0.05) is 10.4 Å². The quantitative estimate of drug-likeness (QED) is 0.553. The Balaban J connectivity index is 2.15. The first-order valence-corrected chi connectivity index (χ1v) is 11.7. The van der Waals surface area contributed by atoms with E-state index >= 15 is 0 Å². The summed E-state index contributed by atoms with van der Waals surface area (Å²) in [6.45, 7) is 6.85. The second kappa shape index (κ2) is 7.10. The van der Waals surface area contributed by atoms with Crippen LogP contribution in [0.15, 0.2) is 65.6 Å². The van der Waals surface area contributed by atoms with Crippen LogP contribution in [0, 0.1) is 0 Å². The molecule has 110 valence electrons. The van der Waals surface area contributed by atoms with Gasteiger partial charge in [0.05, 0.1) is 8.07 Å². The second-order valence-electron chi connectivity index (χ2n) is 6.34. The monoisotopic (exact) mass is 314 g/mol. The molecule has 2 aromatic rings. The van der Waals surface area contributed by atoms with Crippen LogP contribution in [0.25, 0.3) is 0 Å². The first kappa shape index (κ1) is 16.1. The third kappa shape index (κ3) is 4.86. The third-order valence-electron chi connectivity index (χ3n) is 3.57. The van der Waals surface area contributed by atoms with E-state index in [0.717, 1.165) is 11.3 Å². The van der Waals surface area contributed by atoms with Crippen molar-refractivity contribution in [2.24, 2.45) is 0 Å². The molecule has 0 bridgehead atoms. The smallest absolute Gasteiger partial charge is 0.194 e. The fraction of sp³-hybridized carbons (Fsp3) is 0.278. The largest absolute Gasteiger partial charge is 0.287 e. The Kier molecular flexibility index (Phi) is 5.43. The summed E-state index contributed by atoms with van der Waals surface area (Å²) in [7, 11) is -1.56. The van der Waals surface area contributed by atoms with E-state index in [1.165, 1.54) is 17.3 Å². The van der Waals surface area contributed by atoms with Gasteiger partial charge in [0.25, 0.3) is 0 Å². The summed E-state index contributed by atoms with van der Waals surface area (Å²) < 4.78 is 0. The Bertz CT molecular complexity index is 575. The number of thioether (sulfide) groups is 1. The van der Waals surface area contributed by atoms with Gasteiger partial charge in [0.15, 0.2) is 5.12 Å². The molecular weight excluding hydrogens is 292 g/mol. The van der Waals surface area contributed by atoms with Gasteiger partial charge in [0.2, 0.25) is 0 Å². The Morgan fingerprint density at radius 3 is 2.00 bits per heavy atom. The van der Waals surface area contributed by atoms with Crippen LogP contribution in [0.2, 0.25) is 25.2 Å². The topological polar surface area (TPSA) is 17.1 Å². The first-order chi connectivity index (χ1) is 9.97. The van der Waals surface area contributed by atoms with Gasteiger partial charge in [-0.1, -0.05) is 79.9 Å². The lowest BCUT2D eigenvalue weighted by atomic mass is 10.1. The molecule has 0 N–H and O–H groups in total. The molecule has 0 aliphatic heterocycles. The molecule has 2 rings (SSSR count). The highest BCUT2D eigenvalue weighted by atomic mass is 32.2. The predicted molar refractivity (Wildman–Crippen MR) is 94.5 cm³/mol. The van der Waals surface area contributed by atoms with Crippen molar-refractivity contribution in [3.05, 3.63) is 66.2 Å². The molecule has 0 aromatic heterocycles. The zero-order valence-electron chi connectivity index (χ0n) is 12.9. The van der Waals surface area contributed by atoms with Crippen molar-refractivity contribution in [3.63, 3.8) is 0 Å². The maximum atomic E-state index is 12.8. The number of hydrogen-bond acceptors (Lipinski definition) is 2. The average molecular weight is 315 g/mol. The summed E-state index contributed by atoms with van der Waals surface area (Å²) in [6, 6.07) is 20.3. The van der Waals surface area contributed by atoms with E-state index in [4.69, 9.17) is 0 Å². The summed E-state index contributed by atoms with van der Waals surface area (Å²) >= 11 is 1.39. The fourth-order valence-corrected chi connectivity index (χ4v) is 5.81. The van der Waals surface area contributed by atoms with Crippen LogP contribution in [0.3, 0.4) is 0 Å². The third-order valence-corrected chi connectivity index (χ3v) is 7.33. The maximum Gasteiger partial charge on any atom is 0.194 e. The van der Waals surface area contributed by atoms with Crippen molar-refractivity contribution < 1.29 is 4.79 Å². The van der Waals surface area contributed by atoms with Gasteiger partial charge < -0.3 is 0 Å². The molecule has 0 heterocycles. The highest BCUT2D eigenvalue weighted by Crippen LogP contribution is 2.34. The van der Waals surface area contributed by atoms with Crippen molar-refractivity contribution in [1.82, 2.24) is 0 Å². The van der Waals surface area contributed by atoms with Crippen LogP contribution in [0.5, 0.6) is 0 Å². The summed E-state index contributed by atoms with van der Waals surface area (Å²) in [5.74, 6) is 0. The van der Waals surface area contributed by atoms with Crippen molar-refractivity contribution >= 4 is 25.0 Å². The lowest BCUT2D eigenvalue weighted by Gasteiger charge is -2.27. The molecule has 3 heteroatoms. The van der Waals surface area contributed by atoms with E-state index in [2.05, 4.69) is 31.8 Å². The van der Waals surface area contributed by atoms with Crippen molar-refractivity contribution in [2.45, 2.75) is 36.5 Å². The molecule has 0 aliphatic rings. The Morgan fingerprint density at radius 2 is 1.48 bits per heavy atom. The second-order valence-corrected chi connectivity index (χ2v) is 12.8. The van der Waals surface area contributed by atoms with Crippen molar-refractivity contribution in [2.75, 3.05) is 0 Å². The average Bonchev–Trinajstić information content (AvgIpc) is 2.45. The number of rotatable bonds is 5. The number of carbonyl (C=O) groups is 1. The first-order valence-electron chi connectivity index (χ1n) is 7.27. The highest BCUT2D eigenvalue weighted by Gasteiger charge is 2.33. The lowest BCUT2D eigenvalue weighted by molar-refractivity contribution is -0.111. The SMILES string of the molecule is C[Si](C)(C)[C@H](Cc1ccccc1)C(=O)Sc1ccccc1. The van der Waals surface area contributed by atoms with Gasteiger partial charge >= 0.3 is 0 Å². The van der Waals surface area contributed by atoms with Crippen LogP contribution in [0.4, 0.5) is 0 Å². The Morgan fingerprint density at radius 1 is 0.952 bits per heavy atom. The van der Waals surface area contributed by atoms with Crippen LogP contribution in [0.1, 0.15) is 5.56 Å². The van der Waals surface area contributed by atoms with E-state index in [1.807, 2.05) is 48.5 Å². The molecular formula is C18H22OSSi. The van der Waals surface area contributed by atoms with Gasteiger partial charge in [-0.3, -0.25) is 4.79 Å². The molecule has 1 nitrogen and oxygen atoms in total. The van der Waals surface area contributed by atoms with Gasteiger partial charge in [-0.15, -0.1) is 0 Å². The van der Waals surface area contributed by atoms with Gasteiger partial charge in [0.1, 0.15) is 0 Å². The minimum atomic E-state index is -1.56. The molecule has 0 saturated carbocycles. The van der Waals surface area contributed by atoms with Crippen LogP contribution in [-0.4, -0.2) is 13.2 Å². The van der Waals surface area contributed by atoms with E-state index < -0.39 is 8.07 Å². The van der Waals surface area contributed by atoms with Crippen LogP contribution < -0.4 is 0 Å². The number of hydrogen-bond donors (Lipinski definition) is 0. The Labute approximate surface area is 132 Å². The van der Waals surface area contributed by atoms with Gasteiger partial charge in [-0.05, 0) is 24.1 Å². The minimum Gasteiger partial charge on any atom is -0.287 e. The summed E-state index contributed by atoms with van der Waals surface area (Å²) in [6.07, 6.45) is 0.856. The fourth-order valence-electron chi connectivity index (χ4n) is 2.27. The molecule has 0 spiro atoms. The maximum absolute atomic E-state index is 12.8. The van der Waals surface area contributed by atoms with Gasteiger partial charge in [-0.25, -0.2) is 0 Å². The molecule has 0 saturated heterocycles. The molecule has 21 heavy (non-hydrogen) atoms. The van der Waals surface area contributed by atoms with Crippen LogP contribution >= 0.6 is 11.8 Å². The lowest BCUT2D eigenvalue weighted by Crippen LogP contribution is -2.34. The zero-order valence-corrected chi connectivity index (χ0v) is 14.7. The number of carbonyl (C=O) groups excluding carboxylic acids is 1. The molecule has 0 fully saturated rings. The zero-order chi connectivity index (χ0) is 15.3. The molecule has 2 aromatic carbocycles. The molecule has 1 atom stereocenters. The normalized spacial score (nSPS) is 12.9. The predicted octanol–water partition coefficient (Wildman–Crippen LogP) is 5.26. The number of benzene rings is 2. The van der Waals surface area contributed by atoms with E-state index in [0.29, 0.717) is 5.12 Å². The van der Waals surface area contributed by atoms with Crippen molar-refractivity contribution in [1.29, 1.82) is 0 Å². The molecule has 0 amide bonds. The standard InChI is InChI=1S/C18H22OSSi/c1-21(2,3)17(14-15-10-6-4-7-11-15)18(19)20-16-12-8-5-9-13-16/h4-13,17H,14H2,1-3H3/t17-/m1/s1. The van der Waals surface area contributed by atoms with Gasteiger partial charge in [-0.2, -0.15) is 0 Å². The molecule has 0 aliphatic carbocycles. The van der Waals surface area contributed by atoms with E-state index in [-0.39, 0.29) is 5.54 Å². The Hall–Kier alpha value is -1.32. The highest BCUT2D eigenvalue weighted by molar-refractivity contribution is 8.14. The summed E-state index contributed by atoms with van der Waals surface area (Å²) in [5, 5.41) is 0.309. The van der Waals surface area contributed by atoms with E-state index in [1.54, 1.807) is 0 Å². The summed E-state index contributed by atoms with van der Waals surface area (Å²) in [4.78, 5) is 13.8. The summed E-state index contributed by atoms with van der Waals surface area (Å²) in [5.41, 5.74) is 1.40.